The number of rotatable bonds is 3. The average molecular weight is 524 g/mol. The summed E-state index contributed by atoms with van der Waals surface area (Å²) in [5, 5.41) is 4.75. The highest BCUT2D eigenvalue weighted by molar-refractivity contribution is 5.98. The molecule has 0 saturated carbocycles. The van der Waals surface area contributed by atoms with Crippen molar-refractivity contribution >= 4 is 50.2 Å². The molecule has 0 radical (unpaired) electrons. The third-order valence-electron chi connectivity index (χ3n) is 8.93. The van der Waals surface area contributed by atoms with Gasteiger partial charge in [-0.3, -0.25) is 4.90 Å². The van der Waals surface area contributed by atoms with Gasteiger partial charge in [0.15, 0.2) is 11.6 Å². The number of anilines is 3. The van der Waals surface area contributed by atoms with Crippen molar-refractivity contribution in [3.63, 3.8) is 0 Å². The topological polar surface area (TPSA) is 37.8 Å². The molecule has 0 aliphatic carbocycles. The molecular weight excluding hydrogens is 490 g/mol. The second kappa shape index (κ2) is 8.68. The summed E-state index contributed by atoms with van der Waals surface area (Å²) in [6, 6.07) is 17.0. The van der Waals surface area contributed by atoms with Gasteiger partial charge in [0.05, 0.1) is 18.1 Å². The lowest BCUT2D eigenvalue weighted by Gasteiger charge is -2.27. The summed E-state index contributed by atoms with van der Waals surface area (Å²) >= 11 is 0. The molecule has 5 nitrogen and oxygen atoms in total. The zero-order valence-corrected chi connectivity index (χ0v) is 24.2. The molecule has 198 valence electrons. The van der Waals surface area contributed by atoms with Gasteiger partial charge in [-0.05, 0) is 98.2 Å². The van der Waals surface area contributed by atoms with Crippen molar-refractivity contribution in [3.05, 3.63) is 112 Å². The lowest BCUT2D eigenvalue weighted by molar-refractivity contribution is 1.10. The number of aryl methyl sites for hydroxylation is 2. The maximum atomic E-state index is 5.29. The molecule has 0 N–H and O–H groups in total. The number of hydrogen-bond donors (Lipinski definition) is 0. The van der Waals surface area contributed by atoms with Gasteiger partial charge in [0.2, 0.25) is 0 Å². The lowest BCUT2D eigenvalue weighted by Crippen LogP contribution is -2.16. The van der Waals surface area contributed by atoms with Crippen molar-refractivity contribution in [3.8, 4) is 0 Å². The van der Waals surface area contributed by atoms with Gasteiger partial charge in [-0.1, -0.05) is 48.5 Å². The quantitative estimate of drug-likeness (QED) is 0.232. The van der Waals surface area contributed by atoms with E-state index in [4.69, 9.17) is 9.97 Å². The maximum Gasteiger partial charge on any atom is 0.158 e. The molecule has 5 heteroatoms. The van der Waals surface area contributed by atoms with Crippen molar-refractivity contribution in [2.45, 2.75) is 48.5 Å². The molecule has 4 heterocycles. The van der Waals surface area contributed by atoms with Crippen molar-refractivity contribution in [1.29, 1.82) is 0 Å². The van der Waals surface area contributed by atoms with Gasteiger partial charge in [-0.25, -0.2) is 9.97 Å². The van der Waals surface area contributed by atoms with Crippen LogP contribution in [0.2, 0.25) is 0 Å². The number of imidazole rings is 2. The Morgan fingerprint density at radius 1 is 0.475 bits per heavy atom. The van der Waals surface area contributed by atoms with E-state index < -0.39 is 0 Å². The molecular formula is C35H33N5. The first kappa shape index (κ1) is 24.4. The Morgan fingerprint density at radius 2 is 0.850 bits per heavy atom. The molecule has 0 bridgehead atoms. The summed E-state index contributed by atoms with van der Waals surface area (Å²) < 4.78 is 4.32. The van der Waals surface area contributed by atoms with Gasteiger partial charge >= 0.3 is 0 Å². The fraction of sp³-hybridized carbons (Fsp3) is 0.200. The van der Waals surface area contributed by atoms with Crippen LogP contribution in [0.5, 0.6) is 0 Å². The summed E-state index contributed by atoms with van der Waals surface area (Å²) in [7, 11) is 0. The minimum Gasteiger partial charge on any atom is -0.304 e. The molecule has 7 aromatic rings. The lowest BCUT2D eigenvalue weighted by atomic mass is 9.92. The molecule has 0 spiro atoms. The van der Waals surface area contributed by atoms with Crippen LogP contribution in [0.1, 0.15) is 38.9 Å². The van der Waals surface area contributed by atoms with Gasteiger partial charge in [0, 0.05) is 23.2 Å². The summed E-state index contributed by atoms with van der Waals surface area (Å²) in [5.74, 6) is 1.71. The van der Waals surface area contributed by atoms with Crippen molar-refractivity contribution < 1.29 is 0 Å². The molecule has 0 aliphatic heterocycles. The second-order valence-corrected chi connectivity index (χ2v) is 11.2. The number of benzene rings is 3. The Labute approximate surface area is 234 Å². The fourth-order valence-electron chi connectivity index (χ4n) is 6.33. The highest BCUT2D eigenvalue weighted by atomic mass is 15.3. The van der Waals surface area contributed by atoms with E-state index in [2.05, 4.69) is 135 Å². The Morgan fingerprint density at radius 3 is 1.27 bits per heavy atom. The molecule has 0 fully saturated rings. The molecule has 0 aliphatic rings. The van der Waals surface area contributed by atoms with Crippen molar-refractivity contribution in [2.24, 2.45) is 0 Å². The Kier molecular flexibility index (Phi) is 5.30. The third kappa shape index (κ3) is 3.40. The van der Waals surface area contributed by atoms with E-state index in [-0.39, 0.29) is 0 Å². The molecule has 3 aromatic carbocycles. The van der Waals surface area contributed by atoms with Gasteiger partial charge in [-0.2, -0.15) is 0 Å². The smallest absolute Gasteiger partial charge is 0.158 e. The minimum atomic E-state index is 0.856. The first-order valence-corrected chi connectivity index (χ1v) is 13.9. The Balaban J connectivity index is 1.57. The number of pyridine rings is 2. The average Bonchev–Trinajstić information content (AvgIpc) is 3.58. The third-order valence-corrected chi connectivity index (χ3v) is 8.93. The molecule has 40 heavy (non-hydrogen) atoms. The van der Waals surface area contributed by atoms with Crippen LogP contribution in [-0.4, -0.2) is 18.8 Å². The maximum absolute atomic E-state index is 5.29. The van der Waals surface area contributed by atoms with Crippen molar-refractivity contribution in [2.75, 3.05) is 4.90 Å². The van der Waals surface area contributed by atoms with Crippen LogP contribution in [0.3, 0.4) is 0 Å². The predicted octanol–water partition coefficient (Wildman–Crippen LogP) is 8.92. The van der Waals surface area contributed by atoms with Crippen LogP contribution in [0.25, 0.3) is 32.8 Å². The second-order valence-electron chi connectivity index (χ2n) is 11.2. The highest BCUT2D eigenvalue weighted by Crippen LogP contribution is 2.42. The van der Waals surface area contributed by atoms with Gasteiger partial charge in [0.1, 0.15) is 11.3 Å². The van der Waals surface area contributed by atoms with Crippen LogP contribution in [0.4, 0.5) is 17.3 Å². The van der Waals surface area contributed by atoms with Crippen LogP contribution >= 0.6 is 0 Å². The first-order valence-electron chi connectivity index (χ1n) is 13.9. The normalized spacial score (nSPS) is 11.9. The molecule has 7 rings (SSSR count). The molecule has 0 amide bonds. The summed E-state index contributed by atoms with van der Waals surface area (Å²) in [6.45, 7) is 15.4. The zero-order chi connectivity index (χ0) is 27.9. The molecule has 0 saturated heterocycles. The SMILES string of the molecule is Cc1c(C)c(C)c(N(c2cn3cc(C)c4ccccc4c3n2)c2cn3cc(C)c4ccccc4c3n2)c(C)c1C. The number of aromatic nitrogens is 4. The van der Waals surface area contributed by atoms with Crippen LogP contribution < -0.4 is 4.90 Å². The monoisotopic (exact) mass is 523 g/mol. The van der Waals surface area contributed by atoms with Gasteiger partial charge in [-0.15, -0.1) is 0 Å². The summed E-state index contributed by atoms with van der Waals surface area (Å²) in [6.07, 6.45) is 8.65. The minimum absolute atomic E-state index is 0.856. The Hall–Kier alpha value is -4.64. The molecule has 0 unspecified atom stereocenters. The largest absolute Gasteiger partial charge is 0.304 e. The predicted molar refractivity (Wildman–Crippen MR) is 167 cm³/mol. The summed E-state index contributed by atoms with van der Waals surface area (Å²) in [5.41, 5.74) is 11.9. The molecule has 4 aromatic heterocycles. The van der Waals surface area contributed by atoms with Crippen molar-refractivity contribution in [1.82, 2.24) is 18.8 Å². The van der Waals surface area contributed by atoms with E-state index in [1.807, 2.05) is 0 Å². The van der Waals surface area contributed by atoms with Crippen LogP contribution in [0.15, 0.2) is 73.3 Å². The molecule has 0 atom stereocenters. The number of nitrogens with zero attached hydrogens (tertiary/aromatic N) is 5. The van der Waals surface area contributed by atoms with E-state index in [9.17, 15) is 0 Å². The van der Waals surface area contributed by atoms with Gasteiger partial charge < -0.3 is 8.80 Å². The first-order chi connectivity index (χ1) is 19.2. The standard InChI is InChI=1S/C35H33N5/c1-20-16-38-18-31(36-34(38)29-14-10-8-12-27(20)29)40(33-25(6)23(4)22(3)24(5)26(33)7)32-19-39-17-21(2)28-13-9-11-15-30(28)35(39)37-32/h8-19H,1-7H3. The van der Waals surface area contributed by atoms with E-state index in [0.717, 1.165) is 39.4 Å². The number of hydrogen-bond acceptors (Lipinski definition) is 3. The number of fused-ring (bicyclic) bond motifs is 6. The van der Waals surface area contributed by atoms with Crippen LogP contribution in [-0.2, 0) is 0 Å². The fourth-order valence-corrected chi connectivity index (χ4v) is 6.33. The van der Waals surface area contributed by atoms with E-state index in [0.29, 0.717) is 0 Å². The van der Waals surface area contributed by atoms with E-state index in [1.54, 1.807) is 0 Å². The summed E-state index contributed by atoms with van der Waals surface area (Å²) in [4.78, 5) is 12.8. The Bertz CT molecular complexity index is 1990. The zero-order valence-electron chi connectivity index (χ0n) is 24.2. The van der Waals surface area contributed by atoms with Gasteiger partial charge in [0.25, 0.3) is 0 Å². The highest BCUT2D eigenvalue weighted by Gasteiger charge is 2.26. The van der Waals surface area contributed by atoms with E-state index >= 15 is 0 Å². The van der Waals surface area contributed by atoms with E-state index in [1.165, 1.54) is 49.7 Å². The van der Waals surface area contributed by atoms with Crippen LogP contribution in [0, 0.1) is 48.5 Å².